The maximum absolute atomic E-state index is 6.60. The smallest absolute Gasteiger partial charge is 0.0186 e. The van der Waals surface area contributed by atoms with Gasteiger partial charge in [-0.05, 0) is 65.2 Å². The second-order valence-electron chi connectivity index (χ2n) is 6.55. The fourth-order valence-corrected chi connectivity index (χ4v) is 2.56. The number of rotatable bonds is 4. The van der Waals surface area contributed by atoms with Gasteiger partial charge in [-0.15, -0.1) is 0 Å². The molecule has 0 heterocycles. The molecule has 0 saturated heterocycles. The van der Waals surface area contributed by atoms with Gasteiger partial charge in [0.05, 0.1) is 0 Å². The largest absolute Gasteiger partial charge is 0.325 e. The van der Waals surface area contributed by atoms with E-state index in [1.807, 2.05) is 0 Å². The summed E-state index contributed by atoms with van der Waals surface area (Å²) >= 11 is 0. The molecular weight excluding hydrogens is 206 g/mol. The minimum atomic E-state index is -0.0594. The van der Waals surface area contributed by atoms with Crippen LogP contribution in [0.25, 0.3) is 0 Å². The summed E-state index contributed by atoms with van der Waals surface area (Å²) in [6.07, 6.45) is 10.5. The molecule has 17 heavy (non-hydrogen) atoms. The van der Waals surface area contributed by atoms with Gasteiger partial charge in [0.2, 0.25) is 0 Å². The standard InChI is InChI=1S/C16H29N/c1-13(2)7-6-10-16(5,17)15(4)11-8-14(3)9-12-15/h7-8H,6,9-12,17H2,1-5H3. The van der Waals surface area contributed by atoms with Crippen molar-refractivity contribution in [3.63, 3.8) is 0 Å². The summed E-state index contributed by atoms with van der Waals surface area (Å²) in [5.41, 5.74) is 9.73. The lowest BCUT2D eigenvalue weighted by Crippen LogP contribution is -2.52. The van der Waals surface area contributed by atoms with E-state index in [-0.39, 0.29) is 11.0 Å². The summed E-state index contributed by atoms with van der Waals surface area (Å²) in [4.78, 5) is 0. The fraction of sp³-hybridized carbons (Fsp3) is 0.750. The molecule has 1 heteroatoms. The van der Waals surface area contributed by atoms with Crippen LogP contribution < -0.4 is 5.73 Å². The van der Waals surface area contributed by atoms with Crippen molar-refractivity contribution in [2.75, 3.05) is 0 Å². The predicted molar refractivity (Wildman–Crippen MR) is 77.0 cm³/mol. The minimum absolute atomic E-state index is 0.0594. The Morgan fingerprint density at radius 1 is 1.53 bits per heavy atom. The topological polar surface area (TPSA) is 26.0 Å². The average Bonchev–Trinajstić information content (AvgIpc) is 2.21. The molecule has 0 spiro atoms. The van der Waals surface area contributed by atoms with Gasteiger partial charge < -0.3 is 5.73 Å². The van der Waals surface area contributed by atoms with Gasteiger partial charge in [0.25, 0.3) is 0 Å². The van der Waals surface area contributed by atoms with Crippen LogP contribution in [0.2, 0.25) is 0 Å². The molecule has 0 aromatic rings. The van der Waals surface area contributed by atoms with Crippen molar-refractivity contribution in [3.05, 3.63) is 23.3 Å². The molecule has 0 saturated carbocycles. The van der Waals surface area contributed by atoms with Crippen LogP contribution in [0.3, 0.4) is 0 Å². The average molecular weight is 235 g/mol. The van der Waals surface area contributed by atoms with E-state index in [1.165, 1.54) is 24.0 Å². The third-order valence-corrected chi connectivity index (χ3v) is 4.57. The first-order chi connectivity index (χ1) is 7.77. The molecule has 0 radical (unpaired) electrons. The first-order valence-electron chi connectivity index (χ1n) is 6.85. The molecule has 0 aromatic carbocycles. The van der Waals surface area contributed by atoms with Crippen molar-refractivity contribution in [1.82, 2.24) is 0 Å². The highest BCUT2D eigenvalue weighted by Crippen LogP contribution is 2.44. The van der Waals surface area contributed by atoms with Crippen LogP contribution in [-0.4, -0.2) is 5.54 Å². The van der Waals surface area contributed by atoms with E-state index in [2.05, 4.69) is 46.8 Å². The highest BCUT2D eigenvalue weighted by atomic mass is 14.8. The fourth-order valence-electron chi connectivity index (χ4n) is 2.56. The number of allylic oxidation sites excluding steroid dienone is 4. The number of nitrogens with two attached hydrogens (primary N) is 1. The van der Waals surface area contributed by atoms with Crippen LogP contribution in [0.1, 0.15) is 66.7 Å². The lowest BCUT2D eigenvalue weighted by Gasteiger charge is -2.46. The van der Waals surface area contributed by atoms with Crippen LogP contribution in [0.4, 0.5) is 0 Å². The lowest BCUT2D eigenvalue weighted by molar-refractivity contribution is 0.130. The van der Waals surface area contributed by atoms with Crippen molar-refractivity contribution in [2.45, 2.75) is 72.3 Å². The third kappa shape index (κ3) is 3.70. The molecule has 98 valence electrons. The van der Waals surface area contributed by atoms with Crippen molar-refractivity contribution in [2.24, 2.45) is 11.1 Å². The molecule has 0 bridgehead atoms. The van der Waals surface area contributed by atoms with Crippen LogP contribution in [0.5, 0.6) is 0 Å². The Kier molecular flexibility index (Phi) is 4.60. The summed E-state index contributed by atoms with van der Waals surface area (Å²) < 4.78 is 0. The second-order valence-corrected chi connectivity index (χ2v) is 6.55. The van der Waals surface area contributed by atoms with Crippen molar-refractivity contribution < 1.29 is 0 Å². The minimum Gasteiger partial charge on any atom is -0.325 e. The van der Waals surface area contributed by atoms with E-state index >= 15 is 0 Å². The van der Waals surface area contributed by atoms with E-state index in [1.54, 1.807) is 0 Å². The summed E-state index contributed by atoms with van der Waals surface area (Å²) in [5, 5.41) is 0. The first-order valence-corrected chi connectivity index (χ1v) is 6.85. The molecule has 1 nitrogen and oxygen atoms in total. The molecule has 0 aromatic heterocycles. The summed E-state index contributed by atoms with van der Waals surface area (Å²) in [5.74, 6) is 0. The predicted octanol–water partition coefficient (Wildman–Crippen LogP) is 4.59. The van der Waals surface area contributed by atoms with E-state index in [0.717, 1.165) is 19.3 Å². The van der Waals surface area contributed by atoms with Gasteiger partial charge in [-0.1, -0.05) is 30.2 Å². The zero-order valence-corrected chi connectivity index (χ0v) is 12.3. The van der Waals surface area contributed by atoms with E-state index in [9.17, 15) is 0 Å². The van der Waals surface area contributed by atoms with Crippen LogP contribution in [-0.2, 0) is 0 Å². The van der Waals surface area contributed by atoms with Gasteiger partial charge in [0, 0.05) is 5.54 Å². The van der Waals surface area contributed by atoms with Gasteiger partial charge in [-0.3, -0.25) is 0 Å². The zero-order valence-electron chi connectivity index (χ0n) is 12.3. The highest BCUT2D eigenvalue weighted by molar-refractivity contribution is 5.12. The van der Waals surface area contributed by atoms with Crippen molar-refractivity contribution >= 4 is 0 Å². The second kappa shape index (κ2) is 5.39. The summed E-state index contributed by atoms with van der Waals surface area (Å²) in [7, 11) is 0. The number of hydrogen-bond donors (Lipinski definition) is 1. The van der Waals surface area contributed by atoms with Gasteiger partial charge in [0.15, 0.2) is 0 Å². The van der Waals surface area contributed by atoms with Gasteiger partial charge in [-0.25, -0.2) is 0 Å². The van der Waals surface area contributed by atoms with Gasteiger partial charge in [-0.2, -0.15) is 0 Å². The van der Waals surface area contributed by atoms with E-state index < -0.39 is 0 Å². The molecule has 2 atom stereocenters. The summed E-state index contributed by atoms with van der Waals surface area (Å²) in [6.45, 7) is 11.1. The molecule has 0 fully saturated rings. The molecule has 1 aliphatic rings. The van der Waals surface area contributed by atoms with Crippen LogP contribution in [0.15, 0.2) is 23.3 Å². The SMILES string of the molecule is CC(C)=CCCC(C)(N)C1(C)CC=C(C)CC1. The molecule has 1 rings (SSSR count). The van der Waals surface area contributed by atoms with E-state index in [0.29, 0.717) is 0 Å². The Hall–Kier alpha value is -0.560. The Morgan fingerprint density at radius 3 is 2.65 bits per heavy atom. The van der Waals surface area contributed by atoms with Gasteiger partial charge >= 0.3 is 0 Å². The molecule has 0 amide bonds. The number of hydrogen-bond acceptors (Lipinski definition) is 1. The maximum atomic E-state index is 6.60. The quantitative estimate of drug-likeness (QED) is 0.709. The third-order valence-electron chi connectivity index (χ3n) is 4.57. The molecule has 1 aliphatic carbocycles. The Balaban J connectivity index is 2.66. The molecule has 2 N–H and O–H groups in total. The molecule has 0 aliphatic heterocycles. The Morgan fingerprint density at radius 2 is 2.18 bits per heavy atom. The lowest BCUT2D eigenvalue weighted by atomic mass is 9.63. The zero-order chi connectivity index (χ0) is 13.1. The van der Waals surface area contributed by atoms with Crippen LogP contribution >= 0.6 is 0 Å². The normalized spacial score (nSPS) is 28.2. The van der Waals surface area contributed by atoms with Crippen LogP contribution in [0, 0.1) is 5.41 Å². The monoisotopic (exact) mass is 235 g/mol. The molecular formula is C16H29N. The summed E-state index contributed by atoms with van der Waals surface area (Å²) in [6, 6.07) is 0. The van der Waals surface area contributed by atoms with Crippen molar-refractivity contribution in [1.29, 1.82) is 0 Å². The first kappa shape index (κ1) is 14.5. The van der Waals surface area contributed by atoms with Gasteiger partial charge in [0.1, 0.15) is 0 Å². The Labute approximate surface area is 107 Å². The van der Waals surface area contributed by atoms with Crippen molar-refractivity contribution in [3.8, 4) is 0 Å². The highest BCUT2D eigenvalue weighted by Gasteiger charge is 2.40. The maximum Gasteiger partial charge on any atom is 0.0186 e. The molecule has 2 unspecified atom stereocenters. The van der Waals surface area contributed by atoms with E-state index in [4.69, 9.17) is 5.73 Å². The Bertz CT molecular complexity index is 318.